The number of H-pyrrole nitrogens is 1. The average Bonchev–Trinajstić information content (AvgIpc) is 3.13. The molecule has 0 atom stereocenters. The molecule has 1 aliphatic carbocycles. The fourth-order valence-electron chi connectivity index (χ4n) is 2.42. The van der Waals surface area contributed by atoms with E-state index in [9.17, 15) is 4.79 Å². The van der Waals surface area contributed by atoms with Gasteiger partial charge < -0.3 is 16.0 Å². The quantitative estimate of drug-likeness (QED) is 0.569. The van der Waals surface area contributed by atoms with Crippen LogP contribution in [0.25, 0.3) is 10.9 Å². The van der Waals surface area contributed by atoms with Gasteiger partial charge in [0, 0.05) is 29.3 Å². The van der Waals surface area contributed by atoms with Crippen molar-refractivity contribution in [1.82, 2.24) is 10.3 Å². The van der Waals surface area contributed by atoms with Gasteiger partial charge in [-0.2, -0.15) is 0 Å². The molecule has 1 aliphatic rings. The van der Waals surface area contributed by atoms with Crippen LogP contribution in [0.1, 0.15) is 36.0 Å². The predicted molar refractivity (Wildman–Crippen MR) is 77.0 cm³/mol. The molecule has 4 N–H and O–H groups in total. The van der Waals surface area contributed by atoms with E-state index in [2.05, 4.69) is 10.3 Å². The molecule has 1 aromatic carbocycles. The lowest BCUT2D eigenvalue weighted by Crippen LogP contribution is -2.24. The Morgan fingerprint density at radius 2 is 2.26 bits per heavy atom. The van der Waals surface area contributed by atoms with Crippen LogP contribution in [0.2, 0.25) is 0 Å². The molecule has 1 amide bonds. The monoisotopic (exact) mass is 257 g/mol. The topological polar surface area (TPSA) is 70.9 Å². The van der Waals surface area contributed by atoms with Crippen molar-refractivity contribution < 1.29 is 4.79 Å². The van der Waals surface area contributed by atoms with Gasteiger partial charge in [-0.15, -0.1) is 0 Å². The summed E-state index contributed by atoms with van der Waals surface area (Å²) < 4.78 is 0. The number of hydrogen-bond acceptors (Lipinski definition) is 2. The van der Waals surface area contributed by atoms with Gasteiger partial charge in [0.2, 0.25) is 0 Å². The van der Waals surface area contributed by atoms with E-state index in [-0.39, 0.29) is 5.91 Å². The van der Waals surface area contributed by atoms with Crippen LogP contribution < -0.4 is 11.1 Å². The van der Waals surface area contributed by atoms with Crippen molar-refractivity contribution in [2.45, 2.75) is 25.7 Å². The Morgan fingerprint density at radius 1 is 1.42 bits per heavy atom. The van der Waals surface area contributed by atoms with E-state index in [4.69, 9.17) is 5.73 Å². The molecule has 1 aromatic heterocycles. The summed E-state index contributed by atoms with van der Waals surface area (Å²) in [6.07, 6.45) is 6.80. The van der Waals surface area contributed by atoms with Gasteiger partial charge >= 0.3 is 0 Å². The molecule has 0 saturated heterocycles. The fraction of sp³-hybridized carbons (Fsp3) is 0.400. The fourth-order valence-corrected chi connectivity index (χ4v) is 2.42. The van der Waals surface area contributed by atoms with Gasteiger partial charge in [0.05, 0.1) is 5.56 Å². The first-order valence-electron chi connectivity index (χ1n) is 6.89. The highest BCUT2D eigenvalue weighted by Gasteiger charge is 2.20. The number of aromatic amines is 1. The minimum absolute atomic E-state index is 0.0207. The largest absolute Gasteiger partial charge is 0.399 e. The molecule has 0 bridgehead atoms. The predicted octanol–water partition coefficient (Wildman–Crippen LogP) is 2.67. The maximum atomic E-state index is 12.1. The smallest absolute Gasteiger partial charge is 0.253 e. The summed E-state index contributed by atoms with van der Waals surface area (Å²) in [7, 11) is 0. The summed E-state index contributed by atoms with van der Waals surface area (Å²) in [6.45, 7) is 0.754. The highest BCUT2D eigenvalue weighted by atomic mass is 16.1. The molecule has 1 saturated carbocycles. The summed E-state index contributed by atoms with van der Waals surface area (Å²) in [6, 6.07) is 5.57. The second-order valence-electron chi connectivity index (χ2n) is 5.35. The zero-order valence-corrected chi connectivity index (χ0v) is 10.9. The van der Waals surface area contributed by atoms with Gasteiger partial charge in [-0.25, -0.2) is 0 Å². The highest BCUT2D eigenvalue weighted by molar-refractivity contribution is 6.07. The van der Waals surface area contributed by atoms with Crippen molar-refractivity contribution in [3.05, 3.63) is 30.0 Å². The highest BCUT2D eigenvalue weighted by Crippen LogP contribution is 2.33. The number of amides is 1. The van der Waals surface area contributed by atoms with E-state index < -0.39 is 0 Å². The van der Waals surface area contributed by atoms with Gasteiger partial charge in [0.1, 0.15) is 0 Å². The second-order valence-corrected chi connectivity index (χ2v) is 5.35. The maximum Gasteiger partial charge on any atom is 0.253 e. The Bertz CT molecular complexity index is 598. The van der Waals surface area contributed by atoms with Crippen LogP contribution in [0.15, 0.2) is 24.4 Å². The zero-order chi connectivity index (χ0) is 13.2. The van der Waals surface area contributed by atoms with Crippen LogP contribution >= 0.6 is 0 Å². The molecule has 4 heteroatoms. The molecular weight excluding hydrogens is 238 g/mol. The van der Waals surface area contributed by atoms with Crippen LogP contribution in [-0.2, 0) is 0 Å². The Morgan fingerprint density at radius 3 is 3.05 bits per heavy atom. The van der Waals surface area contributed by atoms with Crippen molar-refractivity contribution in [2.24, 2.45) is 5.92 Å². The van der Waals surface area contributed by atoms with Crippen LogP contribution in [0.3, 0.4) is 0 Å². The number of nitrogens with two attached hydrogens (primary N) is 1. The van der Waals surface area contributed by atoms with Crippen LogP contribution in [0.5, 0.6) is 0 Å². The van der Waals surface area contributed by atoms with Gasteiger partial charge in [0.25, 0.3) is 5.91 Å². The van der Waals surface area contributed by atoms with Crippen molar-refractivity contribution in [1.29, 1.82) is 0 Å². The lowest BCUT2D eigenvalue weighted by molar-refractivity contribution is 0.0954. The molecular formula is C15H19N3O. The van der Waals surface area contributed by atoms with Gasteiger partial charge in [0.15, 0.2) is 0 Å². The molecule has 4 nitrogen and oxygen atoms in total. The summed E-state index contributed by atoms with van der Waals surface area (Å²) in [5.41, 5.74) is 8.06. The number of nitrogens with one attached hydrogen (secondary N) is 2. The van der Waals surface area contributed by atoms with E-state index in [1.165, 1.54) is 19.3 Å². The Labute approximate surface area is 112 Å². The lowest BCUT2D eigenvalue weighted by atomic mass is 10.1. The number of aromatic nitrogens is 1. The normalized spacial score (nSPS) is 14.7. The van der Waals surface area contributed by atoms with Gasteiger partial charge in [-0.3, -0.25) is 4.79 Å². The molecule has 0 aliphatic heterocycles. The van der Waals surface area contributed by atoms with E-state index in [0.717, 1.165) is 29.8 Å². The van der Waals surface area contributed by atoms with E-state index in [0.29, 0.717) is 11.3 Å². The number of carbonyl (C=O) groups excluding carboxylic acids is 1. The number of rotatable bonds is 5. The number of fused-ring (bicyclic) bond motifs is 1. The maximum absolute atomic E-state index is 12.1. The Hall–Kier alpha value is -1.97. The average molecular weight is 257 g/mol. The third-order valence-electron chi connectivity index (χ3n) is 3.72. The number of anilines is 1. The van der Waals surface area contributed by atoms with Crippen molar-refractivity contribution in [3.63, 3.8) is 0 Å². The zero-order valence-electron chi connectivity index (χ0n) is 10.9. The first-order chi connectivity index (χ1) is 9.24. The van der Waals surface area contributed by atoms with Crippen LogP contribution in [0.4, 0.5) is 5.69 Å². The van der Waals surface area contributed by atoms with Crippen LogP contribution in [0, 0.1) is 5.92 Å². The van der Waals surface area contributed by atoms with Gasteiger partial charge in [-0.1, -0.05) is 12.8 Å². The summed E-state index contributed by atoms with van der Waals surface area (Å²) in [4.78, 5) is 15.2. The Balaban J connectivity index is 1.64. The molecule has 1 heterocycles. The standard InChI is InChI=1S/C15H19N3O/c16-11-5-6-14-12(8-11)13(9-18-14)15(19)17-7-1-2-10-3-4-10/h5-6,8-10,18H,1-4,7,16H2,(H,17,19). The van der Waals surface area contributed by atoms with Crippen molar-refractivity contribution >= 4 is 22.5 Å². The third kappa shape index (κ3) is 2.72. The molecule has 3 rings (SSSR count). The Kier molecular flexibility index (Phi) is 3.15. The molecule has 0 radical (unpaired) electrons. The minimum atomic E-state index is -0.0207. The van der Waals surface area contributed by atoms with Crippen molar-refractivity contribution in [3.8, 4) is 0 Å². The molecule has 19 heavy (non-hydrogen) atoms. The number of hydrogen-bond donors (Lipinski definition) is 3. The summed E-state index contributed by atoms with van der Waals surface area (Å²) in [5, 5.41) is 3.87. The second kappa shape index (κ2) is 4.96. The number of carbonyl (C=O) groups is 1. The SMILES string of the molecule is Nc1ccc2[nH]cc(C(=O)NCCCC3CC3)c2c1. The van der Waals surface area contributed by atoms with Gasteiger partial charge in [-0.05, 0) is 37.0 Å². The lowest BCUT2D eigenvalue weighted by Gasteiger charge is -2.04. The minimum Gasteiger partial charge on any atom is -0.399 e. The molecule has 1 fully saturated rings. The number of nitrogen functional groups attached to an aromatic ring is 1. The molecule has 100 valence electrons. The molecule has 0 unspecified atom stereocenters. The molecule has 2 aromatic rings. The third-order valence-corrected chi connectivity index (χ3v) is 3.72. The number of benzene rings is 1. The van der Waals surface area contributed by atoms with E-state index in [1.54, 1.807) is 6.20 Å². The first-order valence-corrected chi connectivity index (χ1v) is 6.89. The van der Waals surface area contributed by atoms with E-state index in [1.807, 2.05) is 18.2 Å². The van der Waals surface area contributed by atoms with E-state index >= 15 is 0 Å². The van der Waals surface area contributed by atoms with Crippen LogP contribution in [-0.4, -0.2) is 17.4 Å². The molecule has 0 spiro atoms. The summed E-state index contributed by atoms with van der Waals surface area (Å²) in [5.74, 6) is 0.900. The summed E-state index contributed by atoms with van der Waals surface area (Å²) >= 11 is 0. The van der Waals surface area contributed by atoms with Crippen molar-refractivity contribution in [2.75, 3.05) is 12.3 Å². The first kappa shape index (κ1) is 12.1.